The Balaban J connectivity index is 4.02. The van der Waals surface area contributed by atoms with Gasteiger partial charge in [-0.05, 0) is 26.7 Å². The van der Waals surface area contributed by atoms with Gasteiger partial charge in [0.05, 0.1) is 0 Å². The second-order valence-corrected chi connectivity index (χ2v) is 6.56. The van der Waals surface area contributed by atoms with Crippen molar-refractivity contribution in [2.24, 2.45) is 0 Å². The number of hydrogen-bond donors (Lipinski definition) is 0. The largest absolute Gasteiger partial charge is 0.362 e. The first-order valence-corrected chi connectivity index (χ1v) is 10.2. The molecule has 0 aromatic rings. The van der Waals surface area contributed by atoms with Crippen LogP contribution in [0.1, 0.15) is 79.1 Å². The Labute approximate surface area is 155 Å². The van der Waals surface area contributed by atoms with E-state index in [9.17, 15) is 9.59 Å². The zero-order chi connectivity index (χ0) is 18.9. The molecular formula is C20H40N2O3. The van der Waals surface area contributed by atoms with Gasteiger partial charge in [-0.25, -0.2) is 0 Å². The number of nitrogens with zero attached hydrogens (tertiary/aromatic N) is 2. The van der Waals surface area contributed by atoms with Gasteiger partial charge in [0.1, 0.15) is 13.2 Å². The lowest BCUT2D eigenvalue weighted by Gasteiger charge is -2.22. The molecule has 5 heteroatoms. The Bertz CT molecular complexity index is 316. The summed E-state index contributed by atoms with van der Waals surface area (Å²) in [5.41, 5.74) is 0. The van der Waals surface area contributed by atoms with E-state index in [2.05, 4.69) is 13.8 Å². The predicted molar refractivity (Wildman–Crippen MR) is 104 cm³/mol. The quantitative estimate of drug-likeness (QED) is 0.395. The highest BCUT2D eigenvalue weighted by atomic mass is 16.5. The summed E-state index contributed by atoms with van der Waals surface area (Å²) in [4.78, 5) is 28.0. The third-order valence-electron chi connectivity index (χ3n) is 4.48. The molecule has 0 saturated carbocycles. The van der Waals surface area contributed by atoms with Gasteiger partial charge in [-0.15, -0.1) is 0 Å². The number of unbranched alkanes of at least 4 members (excludes halogenated alkanes) is 6. The number of hydrogen-bond acceptors (Lipinski definition) is 3. The van der Waals surface area contributed by atoms with E-state index in [0.717, 1.165) is 38.8 Å². The average Bonchev–Trinajstić information content (AvgIpc) is 2.61. The van der Waals surface area contributed by atoms with Crippen LogP contribution in [-0.2, 0) is 14.3 Å². The topological polar surface area (TPSA) is 49.9 Å². The van der Waals surface area contributed by atoms with Crippen molar-refractivity contribution in [2.45, 2.75) is 79.1 Å². The van der Waals surface area contributed by atoms with Crippen LogP contribution in [0.15, 0.2) is 0 Å². The van der Waals surface area contributed by atoms with Crippen LogP contribution in [-0.4, -0.2) is 61.0 Å². The molecule has 25 heavy (non-hydrogen) atoms. The highest BCUT2D eigenvalue weighted by molar-refractivity contribution is 5.79. The third-order valence-corrected chi connectivity index (χ3v) is 4.48. The molecule has 0 heterocycles. The fraction of sp³-hybridized carbons (Fsp3) is 0.900. The van der Waals surface area contributed by atoms with Crippen molar-refractivity contribution >= 4 is 11.8 Å². The van der Waals surface area contributed by atoms with Gasteiger partial charge in [0.15, 0.2) is 0 Å². The van der Waals surface area contributed by atoms with Gasteiger partial charge in [-0.2, -0.15) is 0 Å². The van der Waals surface area contributed by atoms with Crippen LogP contribution in [0.3, 0.4) is 0 Å². The van der Waals surface area contributed by atoms with Gasteiger partial charge in [-0.3, -0.25) is 9.59 Å². The number of carbonyl (C=O) groups excluding carboxylic acids is 2. The maximum Gasteiger partial charge on any atom is 0.248 e. The van der Waals surface area contributed by atoms with E-state index in [1.54, 1.807) is 0 Å². The van der Waals surface area contributed by atoms with E-state index in [1.165, 1.54) is 25.7 Å². The lowest BCUT2D eigenvalue weighted by molar-refractivity contribution is -0.141. The first-order chi connectivity index (χ1) is 12.1. The molecule has 0 bridgehead atoms. The summed E-state index contributed by atoms with van der Waals surface area (Å²) in [6.45, 7) is 11.3. The Morgan fingerprint density at radius 1 is 0.640 bits per heavy atom. The van der Waals surface area contributed by atoms with Crippen LogP contribution in [0.2, 0.25) is 0 Å². The van der Waals surface area contributed by atoms with Crippen molar-refractivity contribution in [2.75, 3.05) is 39.4 Å². The Hall–Kier alpha value is -1.10. The number of rotatable bonds is 16. The van der Waals surface area contributed by atoms with Crippen LogP contribution in [0.4, 0.5) is 0 Å². The summed E-state index contributed by atoms with van der Waals surface area (Å²) in [6.07, 6.45) is 9.19. The fourth-order valence-electron chi connectivity index (χ4n) is 2.79. The van der Waals surface area contributed by atoms with Crippen molar-refractivity contribution < 1.29 is 14.3 Å². The molecule has 0 atom stereocenters. The smallest absolute Gasteiger partial charge is 0.248 e. The molecule has 0 aromatic carbocycles. The molecule has 0 saturated heterocycles. The lowest BCUT2D eigenvalue weighted by atomic mass is 10.2. The van der Waals surface area contributed by atoms with E-state index in [1.807, 2.05) is 23.6 Å². The zero-order valence-corrected chi connectivity index (χ0v) is 17.0. The Morgan fingerprint density at radius 2 is 1.04 bits per heavy atom. The van der Waals surface area contributed by atoms with Gasteiger partial charge in [0, 0.05) is 26.2 Å². The van der Waals surface area contributed by atoms with Crippen LogP contribution in [0.5, 0.6) is 0 Å². The molecule has 0 aliphatic carbocycles. The molecule has 0 spiro atoms. The summed E-state index contributed by atoms with van der Waals surface area (Å²) < 4.78 is 5.40. The van der Waals surface area contributed by atoms with E-state index in [0.29, 0.717) is 13.1 Å². The second kappa shape index (κ2) is 16.4. The highest BCUT2D eigenvalue weighted by Crippen LogP contribution is 2.03. The lowest BCUT2D eigenvalue weighted by Crippen LogP contribution is -2.38. The molecule has 148 valence electrons. The summed E-state index contributed by atoms with van der Waals surface area (Å²) >= 11 is 0. The molecule has 0 unspecified atom stereocenters. The summed E-state index contributed by atoms with van der Waals surface area (Å²) in [7, 11) is 0. The maximum absolute atomic E-state index is 12.2. The molecule has 2 amide bonds. The molecule has 0 radical (unpaired) electrons. The number of carbonyl (C=O) groups is 2. The molecule has 0 fully saturated rings. The van der Waals surface area contributed by atoms with Crippen LogP contribution < -0.4 is 0 Å². The van der Waals surface area contributed by atoms with Crippen molar-refractivity contribution in [3.8, 4) is 0 Å². The minimum atomic E-state index is -0.0159. The number of ether oxygens (including phenoxy) is 1. The summed E-state index contributed by atoms with van der Waals surface area (Å²) in [6, 6.07) is 0. The zero-order valence-electron chi connectivity index (χ0n) is 17.0. The summed E-state index contributed by atoms with van der Waals surface area (Å²) in [5.74, 6) is -0.0319. The van der Waals surface area contributed by atoms with Gasteiger partial charge < -0.3 is 14.5 Å². The molecule has 0 aromatic heterocycles. The van der Waals surface area contributed by atoms with Gasteiger partial charge in [0.25, 0.3) is 0 Å². The standard InChI is InChI=1S/C20H40N2O3/c1-5-9-11-13-15-21(7-3)19(23)17-25-18-20(24)22(8-4)16-14-12-10-6-2/h5-18H2,1-4H3. The second-order valence-electron chi connectivity index (χ2n) is 6.56. The highest BCUT2D eigenvalue weighted by Gasteiger charge is 2.15. The van der Waals surface area contributed by atoms with E-state index >= 15 is 0 Å². The SMILES string of the molecule is CCCCCCN(CC)C(=O)COCC(=O)N(CC)CCCCCC. The van der Waals surface area contributed by atoms with Gasteiger partial charge in [-0.1, -0.05) is 52.4 Å². The molecule has 0 aliphatic rings. The fourth-order valence-corrected chi connectivity index (χ4v) is 2.79. The van der Waals surface area contributed by atoms with Crippen LogP contribution in [0, 0.1) is 0 Å². The Kier molecular flexibility index (Phi) is 15.7. The van der Waals surface area contributed by atoms with E-state index < -0.39 is 0 Å². The normalized spacial score (nSPS) is 10.7. The molecule has 0 aliphatic heterocycles. The van der Waals surface area contributed by atoms with Crippen molar-refractivity contribution in [1.29, 1.82) is 0 Å². The maximum atomic E-state index is 12.2. The first-order valence-electron chi connectivity index (χ1n) is 10.2. The van der Waals surface area contributed by atoms with Crippen LogP contribution in [0.25, 0.3) is 0 Å². The van der Waals surface area contributed by atoms with E-state index in [-0.39, 0.29) is 25.0 Å². The average molecular weight is 357 g/mol. The molecular weight excluding hydrogens is 316 g/mol. The molecule has 0 N–H and O–H groups in total. The predicted octanol–water partition coefficient (Wildman–Crippen LogP) is 3.86. The van der Waals surface area contributed by atoms with Crippen molar-refractivity contribution in [3.05, 3.63) is 0 Å². The van der Waals surface area contributed by atoms with Crippen LogP contribution >= 0.6 is 0 Å². The number of likely N-dealkylation sites (N-methyl/N-ethyl adjacent to an activating group) is 2. The molecule has 5 nitrogen and oxygen atoms in total. The van der Waals surface area contributed by atoms with Gasteiger partial charge in [0.2, 0.25) is 11.8 Å². The number of amides is 2. The first kappa shape index (κ1) is 23.9. The minimum Gasteiger partial charge on any atom is -0.362 e. The third kappa shape index (κ3) is 12.0. The van der Waals surface area contributed by atoms with Crippen molar-refractivity contribution in [1.82, 2.24) is 9.80 Å². The van der Waals surface area contributed by atoms with E-state index in [4.69, 9.17) is 4.74 Å². The Morgan fingerprint density at radius 3 is 1.36 bits per heavy atom. The van der Waals surface area contributed by atoms with Gasteiger partial charge >= 0.3 is 0 Å². The summed E-state index contributed by atoms with van der Waals surface area (Å²) in [5, 5.41) is 0. The minimum absolute atomic E-state index is 0.000741. The monoisotopic (exact) mass is 356 g/mol. The van der Waals surface area contributed by atoms with Crippen molar-refractivity contribution in [3.63, 3.8) is 0 Å². The molecule has 0 rings (SSSR count).